The molecule has 1 rings (SSSR count). The summed E-state index contributed by atoms with van der Waals surface area (Å²) in [6.45, 7) is 1.71. The molecule has 0 spiro atoms. The molecule has 0 aliphatic heterocycles. The molecule has 0 aliphatic rings. The lowest BCUT2D eigenvalue weighted by Crippen LogP contribution is -2.84. The highest BCUT2D eigenvalue weighted by atomic mass is 16.9. The Morgan fingerprint density at radius 1 is 1.47 bits per heavy atom. The molecule has 1 aromatic carbocycles. The van der Waals surface area contributed by atoms with E-state index in [4.69, 9.17) is 26.5 Å². The van der Waals surface area contributed by atoms with E-state index in [2.05, 4.69) is 0 Å². The minimum Gasteiger partial charge on any atom is -0.389 e. The molecule has 0 radical (unpaired) electrons. The van der Waals surface area contributed by atoms with Gasteiger partial charge in [-0.1, -0.05) is 12.1 Å². The highest BCUT2D eigenvalue weighted by molar-refractivity contribution is 5.65. The topological polar surface area (TPSA) is 153 Å². The molecule has 17 heavy (non-hydrogen) atoms. The van der Waals surface area contributed by atoms with Gasteiger partial charge >= 0.3 is 0 Å². The van der Waals surface area contributed by atoms with E-state index in [1.807, 2.05) is 24.3 Å². The van der Waals surface area contributed by atoms with Crippen molar-refractivity contribution in [3.63, 3.8) is 0 Å². The fraction of sp³-hybridized carbons (Fsp3) is 0.222. The molecule has 0 saturated carbocycles. The number of hydrogen-bond donors (Lipinski definition) is 4. The summed E-state index contributed by atoms with van der Waals surface area (Å²) in [6.07, 6.45) is -0.452. The molecule has 1 atom stereocenters. The summed E-state index contributed by atoms with van der Waals surface area (Å²) >= 11 is 0. The fourth-order valence-electron chi connectivity index (χ4n) is 1.05. The first-order chi connectivity index (χ1) is 7.82. The van der Waals surface area contributed by atoms with Crippen molar-refractivity contribution in [3.05, 3.63) is 45.2 Å². The SMILES string of the molecule is CC(O)c1ccc([NH2+]C(=N)N)cc1.O=[N+]([O-])[O-]. The number of aliphatic hydroxyl groups excluding tert-OH is 1. The van der Waals surface area contributed by atoms with Crippen molar-refractivity contribution in [2.24, 2.45) is 5.73 Å². The Morgan fingerprint density at radius 2 is 1.88 bits per heavy atom. The van der Waals surface area contributed by atoms with Crippen LogP contribution >= 0.6 is 0 Å². The predicted octanol–water partition coefficient (Wildman–Crippen LogP) is -0.411. The van der Waals surface area contributed by atoms with Gasteiger partial charge in [0.15, 0.2) is 0 Å². The van der Waals surface area contributed by atoms with E-state index >= 15 is 0 Å². The smallest absolute Gasteiger partial charge is 0.293 e. The molecule has 1 unspecified atom stereocenters. The molecular weight excluding hydrogens is 228 g/mol. The molecule has 1 aromatic rings. The Hall–Kier alpha value is -2.19. The second-order valence-corrected chi connectivity index (χ2v) is 3.17. The minimum absolute atomic E-state index is 0.0322. The summed E-state index contributed by atoms with van der Waals surface area (Å²) in [4.78, 5) is 8.25. The van der Waals surface area contributed by atoms with Crippen LogP contribution < -0.4 is 11.1 Å². The molecule has 0 bridgehead atoms. The van der Waals surface area contributed by atoms with Crippen molar-refractivity contribution in [1.82, 2.24) is 0 Å². The van der Waals surface area contributed by atoms with Crippen molar-refractivity contribution in [3.8, 4) is 0 Å². The summed E-state index contributed by atoms with van der Waals surface area (Å²) in [6, 6.07) is 7.28. The average molecular weight is 242 g/mol. The van der Waals surface area contributed by atoms with Crippen molar-refractivity contribution in [2.75, 3.05) is 0 Å². The quantitative estimate of drug-likeness (QED) is 0.182. The van der Waals surface area contributed by atoms with Gasteiger partial charge in [0, 0.05) is 0 Å². The number of nitrogens with one attached hydrogen (secondary N) is 1. The van der Waals surface area contributed by atoms with Crippen molar-refractivity contribution >= 4 is 11.6 Å². The minimum atomic E-state index is -1.75. The molecule has 6 N–H and O–H groups in total. The van der Waals surface area contributed by atoms with Crippen LogP contribution in [0.3, 0.4) is 0 Å². The van der Waals surface area contributed by atoms with Gasteiger partial charge in [-0.2, -0.15) is 0 Å². The van der Waals surface area contributed by atoms with Crippen LogP contribution in [0, 0.1) is 20.7 Å². The van der Waals surface area contributed by atoms with Crippen LogP contribution in [0.2, 0.25) is 0 Å². The van der Waals surface area contributed by atoms with Crippen molar-refractivity contribution < 1.29 is 15.5 Å². The van der Waals surface area contributed by atoms with Crippen LogP contribution in [0.4, 0.5) is 5.69 Å². The maximum Gasteiger partial charge on any atom is 0.293 e. The van der Waals surface area contributed by atoms with Gasteiger partial charge in [0.05, 0.1) is 11.2 Å². The third-order valence-corrected chi connectivity index (χ3v) is 1.74. The highest BCUT2D eigenvalue weighted by Gasteiger charge is 2.02. The van der Waals surface area contributed by atoms with Gasteiger partial charge in [-0.25, -0.2) is 5.41 Å². The van der Waals surface area contributed by atoms with Crippen LogP contribution in [0.1, 0.15) is 18.6 Å². The zero-order valence-corrected chi connectivity index (χ0v) is 9.16. The standard InChI is InChI=1S/C9H13N3O.NO3/c1-6(13)7-2-4-8(5-3-7)12-9(10)11;2-1(3)4/h2-6,13H,1H3,(H4,10,11,12);/q;-1/p+1. The lowest BCUT2D eigenvalue weighted by Gasteiger charge is -2.03. The van der Waals surface area contributed by atoms with E-state index in [0.29, 0.717) is 0 Å². The summed E-state index contributed by atoms with van der Waals surface area (Å²) in [5.74, 6) is 0.0322. The van der Waals surface area contributed by atoms with Crippen molar-refractivity contribution in [2.45, 2.75) is 13.0 Å². The number of rotatable bonds is 2. The second-order valence-electron chi connectivity index (χ2n) is 3.17. The largest absolute Gasteiger partial charge is 0.389 e. The van der Waals surface area contributed by atoms with E-state index in [0.717, 1.165) is 11.3 Å². The number of hydrogen-bond acceptors (Lipinski definition) is 5. The molecule has 0 heterocycles. The molecule has 0 amide bonds. The zero-order chi connectivity index (χ0) is 13.4. The van der Waals surface area contributed by atoms with E-state index in [1.165, 1.54) is 0 Å². The van der Waals surface area contributed by atoms with E-state index < -0.39 is 11.2 Å². The number of guanidine groups is 1. The van der Waals surface area contributed by atoms with E-state index in [-0.39, 0.29) is 5.96 Å². The van der Waals surface area contributed by atoms with Gasteiger partial charge in [0.25, 0.3) is 5.96 Å². The number of aliphatic hydroxyl groups is 1. The Balaban J connectivity index is 0.000000557. The zero-order valence-electron chi connectivity index (χ0n) is 9.16. The summed E-state index contributed by atoms with van der Waals surface area (Å²) in [5, 5.41) is 32.6. The molecule has 8 nitrogen and oxygen atoms in total. The van der Waals surface area contributed by atoms with Gasteiger partial charge in [-0.3, -0.25) is 5.32 Å². The third kappa shape index (κ3) is 7.71. The first kappa shape index (κ1) is 14.8. The van der Waals surface area contributed by atoms with Crippen molar-refractivity contribution in [1.29, 1.82) is 5.41 Å². The molecule has 0 fully saturated rings. The number of quaternary nitrogens is 1. The Bertz CT molecular complexity index is 373. The van der Waals surface area contributed by atoms with Gasteiger partial charge in [-0.15, -0.1) is 0 Å². The first-order valence-electron chi connectivity index (χ1n) is 4.61. The normalized spacial score (nSPS) is 10.9. The Labute approximate surface area is 97.3 Å². The van der Waals surface area contributed by atoms with Gasteiger partial charge < -0.3 is 26.2 Å². The van der Waals surface area contributed by atoms with E-state index in [9.17, 15) is 5.11 Å². The molecule has 0 aliphatic carbocycles. The monoisotopic (exact) mass is 242 g/mol. The van der Waals surface area contributed by atoms with Gasteiger partial charge in [0.1, 0.15) is 5.69 Å². The second kappa shape index (κ2) is 7.14. The summed E-state index contributed by atoms with van der Waals surface area (Å²) < 4.78 is 0. The maximum absolute atomic E-state index is 9.22. The van der Waals surface area contributed by atoms with Crippen LogP contribution in [-0.4, -0.2) is 16.2 Å². The van der Waals surface area contributed by atoms with Crippen LogP contribution in [-0.2, 0) is 0 Å². The number of nitrogens with two attached hydrogens (primary N) is 2. The summed E-state index contributed by atoms with van der Waals surface area (Å²) in [5.41, 5.74) is 6.93. The molecule has 0 aromatic heterocycles. The average Bonchev–Trinajstić information content (AvgIpc) is 2.16. The van der Waals surface area contributed by atoms with E-state index in [1.54, 1.807) is 12.2 Å². The maximum atomic E-state index is 9.22. The fourth-order valence-corrected chi connectivity index (χ4v) is 1.05. The number of benzene rings is 1. The third-order valence-electron chi connectivity index (χ3n) is 1.74. The summed E-state index contributed by atoms with van der Waals surface area (Å²) in [7, 11) is 0. The van der Waals surface area contributed by atoms with Crippen LogP contribution in [0.25, 0.3) is 0 Å². The van der Waals surface area contributed by atoms with Gasteiger partial charge in [-0.05, 0) is 24.6 Å². The first-order valence-corrected chi connectivity index (χ1v) is 4.61. The lowest BCUT2D eigenvalue weighted by molar-refractivity contribution is -0.447. The molecule has 0 saturated heterocycles. The van der Waals surface area contributed by atoms with Crippen LogP contribution in [0.5, 0.6) is 0 Å². The Kier molecular flexibility index (Phi) is 6.22. The molecule has 8 heteroatoms. The highest BCUT2D eigenvalue weighted by Crippen LogP contribution is 2.12. The van der Waals surface area contributed by atoms with Gasteiger partial charge in [0.2, 0.25) is 0 Å². The Morgan fingerprint density at radius 3 is 2.18 bits per heavy atom. The number of nitrogens with zero attached hydrogens (tertiary/aromatic N) is 1. The molecular formula is C9H14N4O4. The molecule has 94 valence electrons. The lowest BCUT2D eigenvalue weighted by atomic mass is 10.1. The van der Waals surface area contributed by atoms with Crippen LogP contribution in [0.15, 0.2) is 24.3 Å². The predicted molar refractivity (Wildman–Crippen MR) is 60.9 cm³/mol.